The van der Waals surface area contributed by atoms with Gasteiger partial charge in [0.2, 0.25) is 0 Å². The van der Waals surface area contributed by atoms with Gasteiger partial charge in [0, 0.05) is 55.4 Å². The Labute approximate surface area is 124 Å². The van der Waals surface area contributed by atoms with E-state index in [0.29, 0.717) is 6.54 Å². The van der Waals surface area contributed by atoms with Crippen LogP contribution in [0.15, 0.2) is 18.6 Å². The van der Waals surface area contributed by atoms with E-state index in [0.717, 1.165) is 36.6 Å². The van der Waals surface area contributed by atoms with Crippen LogP contribution in [0.3, 0.4) is 0 Å². The Morgan fingerprint density at radius 1 is 1.33 bits per heavy atom. The number of aromatic nitrogens is 4. The minimum Gasteiger partial charge on any atom is -0.391 e. The van der Waals surface area contributed by atoms with Gasteiger partial charge in [-0.25, -0.2) is 0 Å². The third kappa shape index (κ3) is 3.11. The summed E-state index contributed by atoms with van der Waals surface area (Å²) >= 11 is 0. The summed E-state index contributed by atoms with van der Waals surface area (Å²) in [6, 6.07) is 0. The van der Waals surface area contributed by atoms with Crippen LogP contribution in [0.4, 0.5) is 0 Å². The number of nitrogens with zero attached hydrogens (tertiary/aromatic N) is 4. The van der Waals surface area contributed by atoms with E-state index in [9.17, 15) is 5.11 Å². The fourth-order valence-electron chi connectivity index (χ4n) is 3.01. The van der Waals surface area contributed by atoms with Gasteiger partial charge < -0.3 is 5.11 Å². The predicted octanol–water partition coefficient (Wildman–Crippen LogP) is 0.852. The lowest BCUT2D eigenvalue weighted by molar-refractivity contribution is 0.140. The summed E-state index contributed by atoms with van der Waals surface area (Å²) in [4.78, 5) is 10.7. The number of aromatic amines is 1. The van der Waals surface area contributed by atoms with Crippen LogP contribution in [0.1, 0.15) is 22.6 Å². The molecule has 6 nitrogen and oxygen atoms in total. The first-order valence-corrected chi connectivity index (χ1v) is 7.29. The zero-order valence-electron chi connectivity index (χ0n) is 12.5. The van der Waals surface area contributed by atoms with Crippen molar-refractivity contribution in [1.29, 1.82) is 0 Å². The van der Waals surface area contributed by atoms with Gasteiger partial charge in [-0.3, -0.25) is 20.0 Å². The largest absolute Gasteiger partial charge is 0.391 e. The Morgan fingerprint density at radius 2 is 2.19 bits per heavy atom. The number of aliphatic hydroxyl groups excluding tert-OH is 1. The molecule has 3 heterocycles. The predicted molar refractivity (Wildman–Crippen MR) is 78.6 cm³/mol. The van der Waals surface area contributed by atoms with E-state index in [2.05, 4.69) is 25.1 Å². The van der Waals surface area contributed by atoms with Crippen molar-refractivity contribution >= 4 is 0 Å². The van der Waals surface area contributed by atoms with Gasteiger partial charge in [0.15, 0.2) is 0 Å². The number of nitrogens with one attached hydrogen (secondary N) is 1. The molecule has 0 saturated carbocycles. The lowest BCUT2D eigenvalue weighted by Gasteiger charge is -2.15. The second kappa shape index (κ2) is 5.91. The second-order valence-electron chi connectivity index (χ2n) is 5.83. The van der Waals surface area contributed by atoms with Crippen LogP contribution < -0.4 is 0 Å². The normalized spacial score (nSPS) is 22.8. The summed E-state index contributed by atoms with van der Waals surface area (Å²) in [5, 5.41) is 17.5. The molecule has 0 aromatic carbocycles. The first-order valence-electron chi connectivity index (χ1n) is 7.29. The minimum absolute atomic E-state index is 0.217. The Bertz CT molecular complexity index is 578. The quantitative estimate of drug-likeness (QED) is 0.872. The average molecular weight is 287 g/mol. The van der Waals surface area contributed by atoms with Crippen molar-refractivity contribution in [3.05, 3.63) is 41.2 Å². The van der Waals surface area contributed by atoms with Gasteiger partial charge in [-0.2, -0.15) is 5.10 Å². The van der Waals surface area contributed by atoms with Crippen molar-refractivity contribution in [2.45, 2.75) is 32.9 Å². The van der Waals surface area contributed by atoms with Gasteiger partial charge in [-0.1, -0.05) is 0 Å². The molecule has 21 heavy (non-hydrogen) atoms. The Morgan fingerprint density at radius 3 is 2.86 bits per heavy atom. The van der Waals surface area contributed by atoms with E-state index in [1.54, 1.807) is 18.6 Å². The summed E-state index contributed by atoms with van der Waals surface area (Å²) in [6.07, 6.45) is 5.62. The van der Waals surface area contributed by atoms with E-state index < -0.39 is 0 Å². The number of likely N-dealkylation sites (tertiary alicyclic amines) is 1. The van der Waals surface area contributed by atoms with Crippen LogP contribution in [0.2, 0.25) is 0 Å². The number of hydrogen-bond acceptors (Lipinski definition) is 5. The summed E-state index contributed by atoms with van der Waals surface area (Å²) in [5.41, 5.74) is 4.33. The third-order valence-electron chi connectivity index (χ3n) is 4.23. The number of rotatable bonds is 4. The molecule has 1 fully saturated rings. The number of aliphatic hydroxyl groups is 1. The summed E-state index contributed by atoms with van der Waals surface area (Å²) < 4.78 is 0. The second-order valence-corrected chi connectivity index (χ2v) is 5.83. The van der Waals surface area contributed by atoms with E-state index in [1.807, 2.05) is 13.8 Å². The van der Waals surface area contributed by atoms with Crippen LogP contribution in [0.25, 0.3) is 0 Å². The fourth-order valence-corrected chi connectivity index (χ4v) is 3.01. The smallest absolute Gasteiger partial charge is 0.0711 e. The zero-order valence-corrected chi connectivity index (χ0v) is 12.5. The van der Waals surface area contributed by atoms with Crippen LogP contribution in [-0.2, 0) is 13.0 Å². The highest BCUT2D eigenvalue weighted by atomic mass is 16.3. The molecular weight excluding hydrogens is 266 g/mol. The molecule has 0 aliphatic carbocycles. The maximum Gasteiger partial charge on any atom is 0.0711 e. The number of β-amino-alcohol motifs (C(OH)–C–C–N with tert-alkyl or cyclic N) is 1. The van der Waals surface area contributed by atoms with Gasteiger partial charge in [-0.05, 0) is 20.3 Å². The van der Waals surface area contributed by atoms with Crippen LogP contribution in [0.5, 0.6) is 0 Å². The summed E-state index contributed by atoms with van der Waals surface area (Å²) in [5.74, 6) is 0.217. The molecule has 0 bridgehead atoms. The molecule has 2 aromatic heterocycles. The number of H-pyrrole nitrogens is 1. The Kier molecular flexibility index (Phi) is 3.98. The van der Waals surface area contributed by atoms with Gasteiger partial charge in [0.1, 0.15) is 0 Å². The molecule has 1 aliphatic heterocycles. The molecule has 6 heteroatoms. The van der Waals surface area contributed by atoms with E-state index in [4.69, 9.17) is 0 Å². The molecule has 2 atom stereocenters. The fraction of sp³-hybridized carbons (Fsp3) is 0.533. The van der Waals surface area contributed by atoms with Crippen LogP contribution in [-0.4, -0.2) is 49.4 Å². The van der Waals surface area contributed by atoms with Crippen molar-refractivity contribution in [1.82, 2.24) is 25.1 Å². The summed E-state index contributed by atoms with van der Waals surface area (Å²) in [6.45, 7) is 6.47. The lowest BCUT2D eigenvalue weighted by atomic mass is 10.0. The zero-order chi connectivity index (χ0) is 14.8. The van der Waals surface area contributed by atoms with Crippen molar-refractivity contribution in [3.63, 3.8) is 0 Å². The molecule has 1 saturated heterocycles. The first kappa shape index (κ1) is 14.2. The molecule has 2 N–H and O–H groups in total. The topological polar surface area (TPSA) is 77.9 Å². The highest BCUT2D eigenvalue weighted by Crippen LogP contribution is 2.23. The number of aryl methyl sites for hydroxylation is 2. The third-order valence-corrected chi connectivity index (χ3v) is 4.23. The minimum atomic E-state index is -0.306. The maximum absolute atomic E-state index is 10.3. The van der Waals surface area contributed by atoms with E-state index in [1.165, 1.54) is 5.56 Å². The van der Waals surface area contributed by atoms with Crippen molar-refractivity contribution in [3.8, 4) is 0 Å². The first-order chi connectivity index (χ1) is 10.1. The Hall–Kier alpha value is -1.79. The molecule has 0 radical (unpaired) electrons. The summed E-state index contributed by atoms with van der Waals surface area (Å²) in [7, 11) is 0. The van der Waals surface area contributed by atoms with Crippen LogP contribution in [0, 0.1) is 19.8 Å². The molecule has 0 unspecified atom stereocenters. The molecule has 1 aliphatic rings. The average Bonchev–Trinajstić information content (AvgIpc) is 2.97. The molecule has 2 aromatic rings. The molecule has 3 rings (SSSR count). The van der Waals surface area contributed by atoms with Gasteiger partial charge in [0.25, 0.3) is 0 Å². The maximum atomic E-state index is 10.3. The Balaban J connectivity index is 1.63. The van der Waals surface area contributed by atoms with Gasteiger partial charge >= 0.3 is 0 Å². The highest BCUT2D eigenvalue weighted by Gasteiger charge is 2.32. The number of hydrogen-bond donors (Lipinski definition) is 2. The highest BCUT2D eigenvalue weighted by molar-refractivity contribution is 5.23. The molecule has 112 valence electrons. The lowest BCUT2D eigenvalue weighted by Crippen LogP contribution is -2.22. The van der Waals surface area contributed by atoms with Gasteiger partial charge in [-0.15, -0.1) is 0 Å². The van der Waals surface area contributed by atoms with Crippen molar-refractivity contribution in [2.24, 2.45) is 5.92 Å². The van der Waals surface area contributed by atoms with Crippen molar-refractivity contribution in [2.75, 3.05) is 13.1 Å². The monoisotopic (exact) mass is 287 g/mol. The van der Waals surface area contributed by atoms with E-state index >= 15 is 0 Å². The van der Waals surface area contributed by atoms with E-state index in [-0.39, 0.29) is 12.0 Å². The molecule has 0 amide bonds. The van der Waals surface area contributed by atoms with Crippen molar-refractivity contribution < 1.29 is 5.11 Å². The van der Waals surface area contributed by atoms with Crippen LogP contribution >= 0.6 is 0 Å². The SMILES string of the molecule is Cc1n[nH]c(C)c1CN1C[C@@H](Cc2cnccn2)[C@H](O)C1. The standard InChI is InChI=1S/C15H21N5O/c1-10-14(11(2)19-18-10)8-20-7-12(15(21)9-20)5-13-6-16-3-4-17-13/h3-4,6,12,15,21H,5,7-9H2,1-2H3,(H,18,19)/t12-,15-/m1/s1. The van der Waals surface area contributed by atoms with Gasteiger partial charge in [0.05, 0.1) is 17.5 Å². The molecular formula is C15H21N5O. The molecule has 0 spiro atoms.